The number of benzene rings is 2. The number of para-hydroxylation sites is 1. The van der Waals surface area contributed by atoms with Crippen molar-refractivity contribution in [3.05, 3.63) is 70.0 Å². The minimum Gasteiger partial charge on any atom is -0.324 e. The summed E-state index contributed by atoms with van der Waals surface area (Å²) in [7, 11) is 0. The zero-order valence-electron chi connectivity index (χ0n) is 16.1. The van der Waals surface area contributed by atoms with Crippen LogP contribution in [0.4, 0.5) is 10.1 Å². The number of H-pyrrole nitrogens is 1. The quantitative estimate of drug-likeness (QED) is 0.686. The molecule has 1 unspecified atom stereocenters. The lowest BCUT2D eigenvalue weighted by molar-refractivity contribution is -0.120. The highest BCUT2D eigenvalue weighted by atomic mass is 19.1. The van der Waals surface area contributed by atoms with Crippen LogP contribution in [0, 0.1) is 12.7 Å². The average Bonchev–Trinajstić information content (AvgIpc) is 2.68. The number of nitrogens with one attached hydrogen (secondary N) is 2. The number of carbonyl (C=O) groups is 1. The highest BCUT2D eigenvalue weighted by Crippen LogP contribution is 2.17. The van der Waals surface area contributed by atoms with Crippen LogP contribution in [0.5, 0.6) is 0 Å². The molecule has 28 heavy (non-hydrogen) atoms. The molecule has 2 aromatic carbocycles. The summed E-state index contributed by atoms with van der Waals surface area (Å²) in [5.41, 5.74) is 1.64. The van der Waals surface area contributed by atoms with E-state index in [1.165, 1.54) is 12.1 Å². The lowest BCUT2D eigenvalue weighted by Gasteiger charge is -2.26. The highest BCUT2D eigenvalue weighted by Gasteiger charge is 2.22. The van der Waals surface area contributed by atoms with Crippen LogP contribution in [0.2, 0.25) is 0 Å². The van der Waals surface area contributed by atoms with E-state index in [1.54, 1.807) is 38.1 Å². The van der Waals surface area contributed by atoms with Gasteiger partial charge in [-0.3, -0.25) is 14.5 Å². The van der Waals surface area contributed by atoms with Crippen molar-refractivity contribution in [1.82, 2.24) is 14.9 Å². The number of fused-ring (bicyclic) bond motifs is 1. The van der Waals surface area contributed by atoms with E-state index in [1.807, 2.05) is 17.9 Å². The molecular weight excluding hydrogens is 359 g/mol. The Labute approximate surface area is 162 Å². The number of aromatic amines is 1. The highest BCUT2D eigenvalue weighted by molar-refractivity contribution is 5.95. The van der Waals surface area contributed by atoms with Crippen molar-refractivity contribution in [3.8, 4) is 0 Å². The smallest absolute Gasteiger partial charge is 0.258 e. The molecule has 0 radical (unpaired) electrons. The molecule has 7 heteroatoms. The van der Waals surface area contributed by atoms with Gasteiger partial charge in [-0.1, -0.05) is 25.1 Å². The summed E-state index contributed by atoms with van der Waals surface area (Å²) in [6.07, 6.45) is 0. The van der Waals surface area contributed by atoms with Crippen molar-refractivity contribution in [2.24, 2.45) is 0 Å². The summed E-state index contributed by atoms with van der Waals surface area (Å²) in [6.45, 7) is 6.39. The van der Waals surface area contributed by atoms with Crippen LogP contribution in [-0.4, -0.2) is 33.4 Å². The van der Waals surface area contributed by atoms with Crippen molar-refractivity contribution in [1.29, 1.82) is 0 Å². The van der Waals surface area contributed by atoms with E-state index in [-0.39, 0.29) is 11.5 Å². The summed E-state index contributed by atoms with van der Waals surface area (Å²) < 4.78 is 13.5. The Bertz CT molecular complexity index is 1060. The van der Waals surface area contributed by atoms with Crippen LogP contribution < -0.4 is 10.9 Å². The first kappa shape index (κ1) is 19.7. The summed E-state index contributed by atoms with van der Waals surface area (Å²) in [5.74, 6) is -0.162. The first-order valence-corrected chi connectivity index (χ1v) is 9.18. The number of hydrogen-bond donors (Lipinski definition) is 2. The second kappa shape index (κ2) is 8.31. The van der Waals surface area contributed by atoms with Crippen LogP contribution >= 0.6 is 0 Å². The normalized spacial score (nSPS) is 12.3. The van der Waals surface area contributed by atoms with E-state index in [0.717, 1.165) is 5.56 Å². The molecule has 6 nitrogen and oxygen atoms in total. The first-order chi connectivity index (χ1) is 13.4. The average molecular weight is 382 g/mol. The third kappa shape index (κ3) is 4.26. The van der Waals surface area contributed by atoms with Gasteiger partial charge in [-0.2, -0.15) is 0 Å². The molecule has 1 atom stereocenters. The van der Waals surface area contributed by atoms with E-state index in [2.05, 4.69) is 15.3 Å². The zero-order chi connectivity index (χ0) is 20.3. The van der Waals surface area contributed by atoms with Crippen molar-refractivity contribution in [2.75, 3.05) is 11.9 Å². The number of nitrogens with zero attached hydrogens (tertiary/aromatic N) is 2. The van der Waals surface area contributed by atoms with Gasteiger partial charge in [0.2, 0.25) is 5.91 Å². The molecule has 0 aliphatic rings. The van der Waals surface area contributed by atoms with E-state index in [9.17, 15) is 14.0 Å². The van der Waals surface area contributed by atoms with Gasteiger partial charge in [0.25, 0.3) is 5.56 Å². The van der Waals surface area contributed by atoms with Crippen LogP contribution in [0.15, 0.2) is 47.3 Å². The third-order valence-corrected chi connectivity index (χ3v) is 4.81. The fraction of sp³-hybridized carbons (Fsp3) is 0.286. The molecule has 1 aromatic heterocycles. The van der Waals surface area contributed by atoms with Gasteiger partial charge in [-0.25, -0.2) is 9.37 Å². The Morgan fingerprint density at radius 1 is 1.29 bits per heavy atom. The van der Waals surface area contributed by atoms with Gasteiger partial charge in [0.1, 0.15) is 11.6 Å². The molecular formula is C21H23FN4O2. The fourth-order valence-corrected chi connectivity index (χ4v) is 3.06. The standard InChI is InChI=1S/C21H23FN4O2/c1-4-26(12-19-23-17-8-6-5-7-16(17)21(28)25-19)14(3)20(27)24-18-11-15(22)10-9-13(18)2/h5-11,14H,4,12H2,1-3H3,(H,24,27)(H,23,25,28). The van der Waals surface area contributed by atoms with Crippen LogP contribution in [0.3, 0.4) is 0 Å². The van der Waals surface area contributed by atoms with Crippen LogP contribution in [0.25, 0.3) is 10.9 Å². The van der Waals surface area contributed by atoms with Gasteiger partial charge in [0.05, 0.1) is 23.5 Å². The van der Waals surface area contributed by atoms with Gasteiger partial charge >= 0.3 is 0 Å². The number of rotatable bonds is 6. The Hall–Kier alpha value is -3.06. The number of likely N-dealkylation sites (N-methyl/N-ethyl adjacent to an activating group) is 1. The predicted molar refractivity (Wildman–Crippen MR) is 108 cm³/mol. The second-order valence-electron chi connectivity index (χ2n) is 6.72. The summed E-state index contributed by atoms with van der Waals surface area (Å²) in [6, 6.07) is 10.9. The molecule has 0 bridgehead atoms. The summed E-state index contributed by atoms with van der Waals surface area (Å²) in [4.78, 5) is 34.1. The maximum absolute atomic E-state index is 13.5. The van der Waals surface area contributed by atoms with Gasteiger partial charge in [0, 0.05) is 5.69 Å². The molecule has 0 spiro atoms. The molecule has 2 N–H and O–H groups in total. The molecule has 146 valence electrons. The molecule has 0 aliphatic heterocycles. The molecule has 0 saturated heterocycles. The number of aryl methyl sites for hydroxylation is 1. The van der Waals surface area contributed by atoms with E-state index < -0.39 is 11.9 Å². The minimum atomic E-state index is -0.496. The van der Waals surface area contributed by atoms with Gasteiger partial charge in [0.15, 0.2) is 0 Å². The SMILES string of the molecule is CCN(Cc1nc2ccccc2c(=O)[nH]1)C(C)C(=O)Nc1cc(F)ccc1C. The van der Waals surface area contributed by atoms with Gasteiger partial charge < -0.3 is 10.3 Å². The number of anilines is 1. The Kier molecular flexibility index (Phi) is 5.84. The first-order valence-electron chi connectivity index (χ1n) is 9.18. The van der Waals surface area contributed by atoms with Crippen molar-refractivity contribution < 1.29 is 9.18 Å². The largest absolute Gasteiger partial charge is 0.324 e. The zero-order valence-corrected chi connectivity index (χ0v) is 16.1. The lowest BCUT2D eigenvalue weighted by atomic mass is 10.1. The molecule has 0 fully saturated rings. The molecule has 1 heterocycles. The van der Waals surface area contributed by atoms with E-state index in [4.69, 9.17) is 0 Å². The van der Waals surface area contributed by atoms with Crippen molar-refractivity contribution in [3.63, 3.8) is 0 Å². The van der Waals surface area contributed by atoms with Gasteiger partial charge in [-0.05, 0) is 50.2 Å². The summed E-state index contributed by atoms with van der Waals surface area (Å²) >= 11 is 0. The number of hydrogen-bond acceptors (Lipinski definition) is 4. The fourth-order valence-electron chi connectivity index (χ4n) is 3.06. The maximum Gasteiger partial charge on any atom is 0.258 e. The minimum absolute atomic E-state index is 0.204. The van der Waals surface area contributed by atoms with E-state index >= 15 is 0 Å². The third-order valence-electron chi connectivity index (χ3n) is 4.81. The molecule has 3 aromatic rings. The Balaban J connectivity index is 1.78. The number of carbonyl (C=O) groups excluding carboxylic acids is 1. The molecule has 1 amide bonds. The molecule has 0 saturated carbocycles. The van der Waals surface area contributed by atoms with Crippen LogP contribution in [-0.2, 0) is 11.3 Å². The summed E-state index contributed by atoms with van der Waals surface area (Å²) in [5, 5.41) is 3.31. The Morgan fingerprint density at radius 3 is 2.79 bits per heavy atom. The topological polar surface area (TPSA) is 78.1 Å². The lowest BCUT2D eigenvalue weighted by Crippen LogP contribution is -2.42. The maximum atomic E-state index is 13.5. The predicted octanol–water partition coefficient (Wildman–Crippen LogP) is 3.22. The van der Waals surface area contributed by atoms with Crippen LogP contribution in [0.1, 0.15) is 25.2 Å². The monoisotopic (exact) mass is 382 g/mol. The van der Waals surface area contributed by atoms with Crippen molar-refractivity contribution in [2.45, 2.75) is 33.4 Å². The molecule has 0 aliphatic carbocycles. The van der Waals surface area contributed by atoms with Gasteiger partial charge in [-0.15, -0.1) is 0 Å². The number of amides is 1. The van der Waals surface area contributed by atoms with Crippen molar-refractivity contribution >= 4 is 22.5 Å². The number of halogens is 1. The number of aromatic nitrogens is 2. The molecule has 3 rings (SSSR count). The van der Waals surface area contributed by atoms with E-state index in [0.29, 0.717) is 35.5 Å². The second-order valence-corrected chi connectivity index (χ2v) is 6.72. The Morgan fingerprint density at radius 2 is 2.04 bits per heavy atom.